The molecule has 0 atom stereocenters. The minimum Gasteiger partial charge on any atom is -0.493 e. The normalized spacial score (nSPS) is 11.0. The Hall–Kier alpha value is -2.60. The van der Waals surface area contributed by atoms with Gasteiger partial charge in [0.25, 0.3) is 0 Å². The summed E-state index contributed by atoms with van der Waals surface area (Å²) < 4.78 is 7.61. The molecule has 2 aromatic heterocycles. The Morgan fingerprint density at radius 1 is 1.29 bits per heavy atom. The Labute approximate surface area is 141 Å². The molecule has 1 aromatic carbocycles. The summed E-state index contributed by atoms with van der Waals surface area (Å²) in [5.41, 5.74) is 9.50. The van der Waals surface area contributed by atoms with Gasteiger partial charge in [0.05, 0.1) is 12.8 Å². The standard InChI is InChI=1S/C18H23N5O/c1-3-10-24-16-11-14(5-4-13(16)2)15-12-21-23-9-6-17(20-8-7-19)22-18(15)23/h4-6,9,11-12H,3,7-8,10,19H2,1-2H3,(H,20,22). The molecule has 0 radical (unpaired) electrons. The second-order valence-corrected chi connectivity index (χ2v) is 5.68. The number of fused-ring (bicyclic) bond motifs is 1. The summed E-state index contributed by atoms with van der Waals surface area (Å²) in [5, 5.41) is 7.59. The summed E-state index contributed by atoms with van der Waals surface area (Å²) in [6.07, 6.45) is 4.72. The Balaban J connectivity index is 1.99. The Bertz CT molecular complexity index is 827. The number of nitrogens with zero attached hydrogens (tertiary/aromatic N) is 3. The van der Waals surface area contributed by atoms with Crippen molar-refractivity contribution in [3.8, 4) is 16.9 Å². The Kier molecular flexibility index (Phi) is 4.96. The lowest BCUT2D eigenvalue weighted by Crippen LogP contribution is -2.14. The molecule has 2 heterocycles. The summed E-state index contributed by atoms with van der Waals surface area (Å²) >= 11 is 0. The van der Waals surface area contributed by atoms with Gasteiger partial charge in [-0.15, -0.1) is 0 Å². The van der Waals surface area contributed by atoms with Crippen molar-refractivity contribution in [1.82, 2.24) is 14.6 Å². The van der Waals surface area contributed by atoms with Crippen molar-refractivity contribution in [2.75, 3.05) is 25.0 Å². The number of hydrogen-bond donors (Lipinski definition) is 2. The van der Waals surface area contributed by atoms with E-state index in [-0.39, 0.29) is 0 Å². The molecular formula is C18H23N5O. The molecule has 0 aliphatic rings. The minimum atomic E-state index is 0.565. The third kappa shape index (κ3) is 3.33. The molecule has 24 heavy (non-hydrogen) atoms. The van der Waals surface area contributed by atoms with Gasteiger partial charge in [-0.2, -0.15) is 5.10 Å². The van der Waals surface area contributed by atoms with Crippen molar-refractivity contribution < 1.29 is 4.74 Å². The highest BCUT2D eigenvalue weighted by molar-refractivity contribution is 5.78. The van der Waals surface area contributed by atoms with Crippen molar-refractivity contribution >= 4 is 11.5 Å². The molecule has 3 rings (SSSR count). The monoisotopic (exact) mass is 325 g/mol. The van der Waals surface area contributed by atoms with Crippen molar-refractivity contribution in [2.45, 2.75) is 20.3 Å². The van der Waals surface area contributed by atoms with Crippen LogP contribution in [0.15, 0.2) is 36.7 Å². The summed E-state index contributed by atoms with van der Waals surface area (Å²) in [7, 11) is 0. The van der Waals surface area contributed by atoms with Crippen LogP contribution in [-0.4, -0.2) is 34.3 Å². The van der Waals surface area contributed by atoms with E-state index >= 15 is 0 Å². The molecule has 0 fully saturated rings. The van der Waals surface area contributed by atoms with Gasteiger partial charge in [0.2, 0.25) is 0 Å². The van der Waals surface area contributed by atoms with Gasteiger partial charge in [-0.1, -0.05) is 19.1 Å². The number of rotatable bonds is 7. The summed E-state index contributed by atoms with van der Waals surface area (Å²) in [4.78, 5) is 4.66. The molecule has 6 nitrogen and oxygen atoms in total. The van der Waals surface area contributed by atoms with Crippen LogP contribution in [0.3, 0.4) is 0 Å². The lowest BCUT2D eigenvalue weighted by Gasteiger charge is -2.10. The van der Waals surface area contributed by atoms with Gasteiger partial charge < -0.3 is 15.8 Å². The van der Waals surface area contributed by atoms with Gasteiger partial charge in [0.1, 0.15) is 11.6 Å². The van der Waals surface area contributed by atoms with Gasteiger partial charge in [0.15, 0.2) is 5.65 Å². The lowest BCUT2D eigenvalue weighted by atomic mass is 10.1. The molecule has 0 aliphatic heterocycles. The van der Waals surface area contributed by atoms with Crippen LogP contribution in [0.25, 0.3) is 16.8 Å². The topological polar surface area (TPSA) is 77.5 Å². The van der Waals surface area contributed by atoms with Crippen LogP contribution in [0.5, 0.6) is 5.75 Å². The zero-order valence-corrected chi connectivity index (χ0v) is 14.1. The lowest BCUT2D eigenvalue weighted by molar-refractivity contribution is 0.315. The average molecular weight is 325 g/mol. The van der Waals surface area contributed by atoms with Crippen LogP contribution >= 0.6 is 0 Å². The number of nitrogens with two attached hydrogens (primary N) is 1. The molecule has 0 saturated heterocycles. The first-order valence-corrected chi connectivity index (χ1v) is 8.25. The summed E-state index contributed by atoms with van der Waals surface area (Å²) in [6, 6.07) is 8.10. The van der Waals surface area contributed by atoms with E-state index in [0.717, 1.165) is 40.3 Å². The SMILES string of the molecule is CCCOc1cc(-c2cnn3ccc(NCCN)nc23)ccc1C. The molecule has 0 spiro atoms. The van der Waals surface area contributed by atoms with Crippen LogP contribution in [0.1, 0.15) is 18.9 Å². The minimum absolute atomic E-state index is 0.565. The maximum atomic E-state index is 5.84. The molecule has 0 bridgehead atoms. The zero-order valence-electron chi connectivity index (χ0n) is 14.1. The highest BCUT2D eigenvalue weighted by atomic mass is 16.5. The average Bonchev–Trinajstić information content (AvgIpc) is 3.02. The molecule has 6 heteroatoms. The number of benzene rings is 1. The fourth-order valence-electron chi connectivity index (χ4n) is 2.51. The zero-order chi connectivity index (χ0) is 16.9. The predicted octanol–water partition coefficient (Wildman–Crippen LogP) is 2.86. The highest BCUT2D eigenvalue weighted by Gasteiger charge is 2.11. The third-order valence-corrected chi connectivity index (χ3v) is 3.78. The molecule has 3 aromatic rings. The fourth-order valence-corrected chi connectivity index (χ4v) is 2.51. The third-order valence-electron chi connectivity index (χ3n) is 3.78. The number of nitrogens with one attached hydrogen (secondary N) is 1. The molecular weight excluding hydrogens is 302 g/mol. The summed E-state index contributed by atoms with van der Waals surface area (Å²) in [6.45, 7) is 6.12. The van der Waals surface area contributed by atoms with Crippen molar-refractivity contribution in [3.05, 3.63) is 42.2 Å². The fraction of sp³-hybridized carbons (Fsp3) is 0.333. The number of aromatic nitrogens is 3. The quantitative estimate of drug-likeness (QED) is 0.698. The van der Waals surface area contributed by atoms with E-state index in [1.807, 2.05) is 18.5 Å². The Morgan fingerprint density at radius 3 is 2.96 bits per heavy atom. The van der Waals surface area contributed by atoms with E-state index in [2.05, 4.69) is 47.4 Å². The first-order valence-electron chi connectivity index (χ1n) is 8.25. The van der Waals surface area contributed by atoms with E-state index in [0.29, 0.717) is 19.7 Å². The molecule has 0 saturated carbocycles. The van der Waals surface area contributed by atoms with E-state index in [9.17, 15) is 0 Å². The Morgan fingerprint density at radius 2 is 2.17 bits per heavy atom. The van der Waals surface area contributed by atoms with Gasteiger partial charge in [-0.05, 0) is 36.6 Å². The number of aryl methyl sites for hydroxylation is 1. The summed E-state index contributed by atoms with van der Waals surface area (Å²) in [5.74, 6) is 1.70. The first-order chi connectivity index (χ1) is 11.7. The van der Waals surface area contributed by atoms with E-state index < -0.39 is 0 Å². The number of hydrogen-bond acceptors (Lipinski definition) is 5. The maximum absolute atomic E-state index is 5.84. The van der Waals surface area contributed by atoms with Crippen LogP contribution in [0.2, 0.25) is 0 Å². The van der Waals surface area contributed by atoms with Gasteiger partial charge in [0, 0.05) is 24.8 Å². The second kappa shape index (κ2) is 7.31. The number of ether oxygens (including phenoxy) is 1. The predicted molar refractivity (Wildman–Crippen MR) is 96.5 cm³/mol. The van der Waals surface area contributed by atoms with Crippen molar-refractivity contribution in [3.63, 3.8) is 0 Å². The second-order valence-electron chi connectivity index (χ2n) is 5.68. The van der Waals surface area contributed by atoms with Crippen LogP contribution in [-0.2, 0) is 0 Å². The van der Waals surface area contributed by atoms with Gasteiger partial charge in [-0.25, -0.2) is 9.50 Å². The van der Waals surface area contributed by atoms with Crippen LogP contribution in [0, 0.1) is 6.92 Å². The molecule has 0 unspecified atom stereocenters. The maximum Gasteiger partial charge on any atom is 0.165 e. The van der Waals surface area contributed by atoms with Crippen molar-refractivity contribution in [2.24, 2.45) is 5.73 Å². The van der Waals surface area contributed by atoms with E-state index in [1.54, 1.807) is 4.52 Å². The molecule has 3 N–H and O–H groups in total. The van der Waals surface area contributed by atoms with E-state index in [4.69, 9.17) is 10.5 Å². The number of anilines is 1. The van der Waals surface area contributed by atoms with Gasteiger partial charge >= 0.3 is 0 Å². The van der Waals surface area contributed by atoms with Crippen LogP contribution < -0.4 is 15.8 Å². The molecule has 0 aliphatic carbocycles. The molecule has 126 valence electrons. The van der Waals surface area contributed by atoms with Gasteiger partial charge in [-0.3, -0.25) is 0 Å². The first kappa shape index (κ1) is 16.3. The largest absolute Gasteiger partial charge is 0.493 e. The highest BCUT2D eigenvalue weighted by Crippen LogP contribution is 2.29. The van der Waals surface area contributed by atoms with E-state index in [1.165, 1.54) is 0 Å². The smallest absolute Gasteiger partial charge is 0.165 e. The molecule has 0 amide bonds. The van der Waals surface area contributed by atoms with Crippen molar-refractivity contribution in [1.29, 1.82) is 0 Å². The van der Waals surface area contributed by atoms with Crippen LogP contribution in [0.4, 0.5) is 5.82 Å².